The van der Waals surface area contributed by atoms with E-state index in [2.05, 4.69) is 36.7 Å². The number of amides is 1. The second kappa shape index (κ2) is 10.8. The lowest BCUT2D eigenvalue weighted by atomic mass is 10.1. The average Bonchev–Trinajstić information content (AvgIpc) is 3.81. The largest absolute Gasteiger partial charge is 0.454 e. The third-order valence-electron chi connectivity index (χ3n) is 7.86. The molecule has 13 heteroatoms. The van der Waals surface area contributed by atoms with Crippen molar-refractivity contribution < 1.29 is 13.9 Å². The Morgan fingerprint density at radius 2 is 2.00 bits per heavy atom. The van der Waals surface area contributed by atoms with Crippen LogP contribution in [-0.2, 0) is 11.8 Å². The Hall–Kier alpha value is -4.84. The number of aromatic nitrogens is 6. The summed E-state index contributed by atoms with van der Waals surface area (Å²) in [5.74, 6) is 1.44. The average molecular weight is 600 g/mol. The van der Waals surface area contributed by atoms with Gasteiger partial charge >= 0.3 is 0 Å². The summed E-state index contributed by atoms with van der Waals surface area (Å²) >= 11 is 6.51. The number of imidazole rings is 1. The van der Waals surface area contributed by atoms with Crippen LogP contribution in [0.2, 0.25) is 5.02 Å². The molecule has 1 aromatic carbocycles. The second-order valence-corrected chi connectivity index (χ2v) is 11.1. The summed E-state index contributed by atoms with van der Waals surface area (Å²) in [4.78, 5) is 38.7. The summed E-state index contributed by atoms with van der Waals surface area (Å²) in [6.07, 6.45) is 8.19. The molecule has 1 atom stereocenters. The van der Waals surface area contributed by atoms with Crippen molar-refractivity contribution in [3.8, 4) is 11.5 Å². The maximum absolute atomic E-state index is 15.4. The fraction of sp³-hybridized carbons (Fsp3) is 0.267. The molecule has 5 heterocycles. The molecule has 1 aliphatic heterocycles. The third-order valence-corrected chi connectivity index (χ3v) is 8.16. The summed E-state index contributed by atoms with van der Waals surface area (Å²) in [7, 11) is 1.84. The van der Waals surface area contributed by atoms with E-state index in [0.29, 0.717) is 59.3 Å². The first-order valence-corrected chi connectivity index (χ1v) is 14.3. The molecule has 11 nitrogen and oxygen atoms in total. The van der Waals surface area contributed by atoms with Crippen molar-refractivity contribution in [2.75, 3.05) is 29.9 Å². The number of hydrogen-bond acceptors (Lipinski definition) is 9. The van der Waals surface area contributed by atoms with Gasteiger partial charge in [-0.3, -0.25) is 4.79 Å². The minimum atomic E-state index is -0.593. The lowest BCUT2D eigenvalue weighted by Gasteiger charge is -2.42. The summed E-state index contributed by atoms with van der Waals surface area (Å²) < 4.78 is 23.0. The number of carbonyl (C=O) groups is 1. The first-order chi connectivity index (χ1) is 20.9. The number of piperazine rings is 1. The molecule has 0 unspecified atom stereocenters. The Morgan fingerprint density at radius 1 is 1.14 bits per heavy atom. The van der Waals surface area contributed by atoms with Crippen molar-refractivity contribution >= 4 is 57.0 Å². The number of rotatable bonds is 7. The van der Waals surface area contributed by atoms with Crippen LogP contribution >= 0.6 is 11.6 Å². The molecule has 2 fully saturated rings. The van der Waals surface area contributed by atoms with Gasteiger partial charge in [0.1, 0.15) is 40.5 Å². The van der Waals surface area contributed by atoms with Gasteiger partial charge in [-0.1, -0.05) is 18.2 Å². The van der Waals surface area contributed by atoms with Crippen molar-refractivity contribution in [2.45, 2.75) is 18.9 Å². The molecule has 0 spiro atoms. The minimum absolute atomic E-state index is 0.0362. The smallest absolute Gasteiger partial charge is 0.246 e. The van der Waals surface area contributed by atoms with Gasteiger partial charge < -0.3 is 24.4 Å². The highest BCUT2D eigenvalue weighted by Gasteiger charge is 2.40. The van der Waals surface area contributed by atoms with Gasteiger partial charge in [0.15, 0.2) is 11.5 Å². The Morgan fingerprint density at radius 3 is 2.81 bits per heavy atom. The van der Waals surface area contributed by atoms with E-state index in [4.69, 9.17) is 21.3 Å². The van der Waals surface area contributed by atoms with E-state index < -0.39 is 5.82 Å². The predicted molar refractivity (Wildman–Crippen MR) is 161 cm³/mol. The highest BCUT2D eigenvalue weighted by atomic mass is 35.5. The molecular weight excluding hydrogens is 573 g/mol. The normalized spacial score (nSPS) is 17.0. The second-order valence-electron chi connectivity index (χ2n) is 10.7. The van der Waals surface area contributed by atoms with Gasteiger partial charge in [-0.15, -0.1) is 0 Å². The molecule has 2 aliphatic rings. The number of anilines is 3. The first kappa shape index (κ1) is 27.0. The van der Waals surface area contributed by atoms with Gasteiger partial charge in [0.25, 0.3) is 0 Å². The van der Waals surface area contributed by atoms with Crippen LogP contribution < -0.4 is 15.0 Å². The number of ether oxygens (including phenoxy) is 1. The summed E-state index contributed by atoms with van der Waals surface area (Å²) in [6, 6.07) is 8.24. The molecule has 0 bridgehead atoms. The SMILES string of the molecule is C=CC(=O)N1CCN(c2ccc3ncnc(Nc4cc(Cl)c(Oc5cnc6c(c5)ncn6C)cc4F)c3n2)C[C@H]1C1CC1. The number of carbonyl (C=O) groups excluding carboxylic acids is 1. The third kappa shape index (κ3) is 5.18. The highest BCUT2D eigenvalue weighted by molar-refractivity contribution is 6.32. The van der Waals surface area contributed by atoms with Crippen LogP contribution in [-0.4, -0.2) is 66.0 Å². The number of fused-ring (bicyclic) bond motifs is 2. The number of halogens is 2. The Balaban J connectivity index is 1.14. The van der Waals surface area contributed by atoms with Crippen molar-refractivity contribution in [2.24, 2.45) is 13.0 Å². The number of hydrogen-bond donors (Lipinski definition) is 1. The quantitative estimate of drug-likeness (QED) is 0.251. The van der Waals surface area contributed by atoms with Crippen molar-refractivity contribution in [3.05, 3.63) is 72.7 Å². The number of pyridine rings is 2. The Labute approximate surface area is 251 Å². The van der Waals surface area contributed by atoms with Gasteiger partial charge in [0.2, 0.25) is 5.91 Å². The van der Waals surface area contributed by atoms with Crippen molar-refractivity contribution in [1.29, 1.82) is 0 Å². The molecule has 0 radical (unpaired) electrons. The molecule has 1 amide bonds. The van der Waals surface area contributed by atoms with Gasteiger partial charge in [-0.05, 0) is 43.0 Å². The number of benzene rings is 1. The lowest BCUT2D eigenvalue weighted by Crippen LogP contribution is -2.56. The van der Waals surface area contributed by atoms with Crippen LogP contribution in [0.3, 0.4) is 0 Å². The van der Waals surface area contributed by atoms with Gasteiger partial charge in [0.05, 0.1) is 34.8 Å². The maximum Gasteiger partial charge on any atom is 0.246 e. The molecule has 1 aliphatic carbocycles. The Kier molecular flexibility index (Phi) is 6.77. The molecule has 5 aromatic rings. The van der Waals surface area contributed by atoms with E-state index in [1.807, 2.05) is 24.1 Å². The van der Waals surface area contributed by atoms with Crippen LogP contribution in [0.25, 0.3) is 22.2 Å². The zero-order valence-corrected chi connectivity index (χ0v) is 24.0. The topological polar surface area (TPSA) is 114 Å². The summed E-state index contributed by atoms with van der Waals surface area (Å²) in [6.45, 7) is 5.56. The number of nitrogens with one attached hydrogen (secondary N) is 1. The van der Waals surface area contributed by atoms with Crippen LogP contribution in [0.1, 0.15) is 12.8 Å². The fourth-order valence-corrected chi connectivity index (χ4v) is 5.70. The molecule has 4 aromatic heterocycles. The van der Waals surface area contributed by atoms with E-state index in [0.717, 1.165) is 18.7 Å². The first-order valence-electron chi connectivity index (χ1n) is 13.9. The molecule has 218 valence electrons. The molecule has 7 rings (SSSR count). The molecular formula is C30H27ClFN9O2. The van der Waals surface area contributed by atoms with Gasteiger partial charge in [-0.25, -0.2) is 29.3 Å². The van der Waals surface area contributed by atoms with Gasteiger partial charge in [0, 0.05) is 38.8 Å². The minimum Gasteiger partial charge on any atom is -0.454 e. The van der Waals surface area contributed by atoms with E-state index >= 15 is 4.39 Å². The highest BCUT2D eigenvalue weighted by Crippen LogP contribution is 2.39. The van der Waals surface area contributed by atoms with Crippen LogP contribution in [0.5, 0.6) is 11.5 Å². The molecule has 43 heavy (non-hydrogen) atoms. The fourth-order valence-electron chi connectivity index (χ4n) is 5.50. The van der Waals surface area contributed by atoms with E-state index in [1.165, 1.54) is 30.7 Å². The maximum atomic E-state index is 15.4. The van der Waals surface area contributed by atoms with Crippen LogP contribution in [0.4, 0.5) is 21.7 Å². The van der Waals surface area contributed by atoms with Gasteiger partial charge in [-0.2, -0.15) is 0 Å². The Bertz CT molecular complexity index is 1890. The van der Waals surface area contributed by atoms with Crippen LogP contribution in [0, 0.1) is 11.7 Å². The summed E-state index contributed by atoms with van der Waals surface area (Å²) in [5.41, 5.74) is 2.54. The van der Waals surface area contributed by atoms with Crippen molar-refractivity contribution in [3.63, 3.8) is 0 Å². The molecule has 1 saturated carbocycles. The molecule has 1 saturated heterocycles. The van der Waals surface area contributed by atoms with Crippen molar-refractivity contribution in [1.82, 2.24) is 34.4 Å². The zero-order chi connectivity index (χ0) is 29.7. The lowest BCUT2D eigenvalue weighted by molar-refractivity contribution is -0.129. The predicted octanol–water partition coefficient (Wildman–Crippen LogP) is 5.25. The van der Waals surface area contributed by atoms with Crippen LogP contribution in [0.15, 0.2) is 61.8 Å². The number of nitrogens with zero attached hydrogens (tertiary/aromatic N) is 8. The number of aryl methyl sites for hydroxylation is 1. The van der Waals surface area contributed by atoms with E-state index in [-0.39, 0.29) is 28.4 Å². The standard InChI is InChI=1S/C30H27ClFN9O2/c1-3-27(42)41-9-8-40(14-24(41)17-4-5-17)26-7-6-21-28(38-26)29(35-15-34-21)37-22-11-19(31)25(12-20(22)32)43-18-10-23-30(33-13-18)39(2)16-36-23/h3,6-7,10-13,15-17,24H,1,4-5,8-9,14H2,2H3,(H,34,35,37)/t24-/m0/s1. The van der Waals surface area contributed by atoms with E-state index in [1.54, 1.807) is 17.0 Å². The zero-order valence-electron chi connectivity index (χ0n) is 23.2. The monoisotopic (exact) mass is 599 g/mol. The van der Waals surface area contributed by atoms with E-state index in [9.17, 15) is 4.79 Å². The molecule has 1 N–H and O–H groups in total. The summed E-state index contributed by atoms with van der Waals surface area (Å²) in [5, 5.41) is 3.22.